The Bertz CT molecular complexity index is 1300. The van der Waals surface area contributed by atoms with Crippen molar-refractivity contribution in [2.45, 2.75) is 24.5 Å². The van der Waals surface area contributed by atoms with E-state index in [-0.39, 0.29) is 10.5 Å². The van der Waals surface area contributed by atoms with E-state index in [0.29, 0.717) is 21.8 Å². The first-order valence-corrected chi connectivity index (χ1v) is 11.2. The van der Waals surface area contributed by atoms with Crippen molar-refractivity contribution in [1.82, 2.24) is 4.98 Å². The second-order valence-electron chi connectivity index (χ2n) is 7.05. The number of cyclic esters (lactones) is 2. The van der Waals surface area contributed by atoms with Gasteiger partial charge in [0, 0.05) is 31.3 Å². The summed E-state index contributed by atoms with van der Waals surface area (Å²) in [7, 11) is -4.46. The summed E-state index contributed by atoms with van der Waals surface area (Å²) in [6, 6.07) is 11.2. The van der Waals surface area contributed by atoms with Gasteiger partial charge in [-0.1, -0.05) is 12.1 Å². The molecule has 0 unspecified atom stereocenters. The van der Waals surface area contributed by atoms with Crippen LogP contribution in [0, 0.1) is 0 Å². The van der Waals surface area contributed by atoms with E-state index in [2.05, 4.69) is 10.3 Å². The Hall–Kier alpha value is -3.28. The van der Waals surface area contributed by atoms with Gasteiger partial charge in [-0.05, 0) is 30.3 Å². The topological polar surface area (TPSA) is 132 Å². The standard InChI is InChI=1S/C20H16N2O7S2/c1-20(2)28-18(23)13(19(24)29-20)10-21-14-8-7-11(31(25,26)27)9-12(14)17-22-15-5-3-4-6-16(15)30-17/h3-10,21H,1-2H3,(H,25,26,27). The van der Waals surface area contributed by atoms with Crippen molar-refractivity contribution >= 4 is 49.3 Å². The van der Waals surface area contributed by atoms with Crippen molar-refractivity contribution in [3.63, 3.8) is 0 Å². The van der Waals surface area contributed by atoms with Gasteiger partial charge in [-0.15, -0.1) is 11.3 Å². The lowest BCUT2D eigenvalue weighted by atomic mass is 10.1. The SMILES string of the molecule is CC1(C)OC(=O)C(=CNc2ccc(S(=O)(=O)O)cc2-c2nc3ccccc3s2)C(=O)O1. The Balaban J connectivity index is 1.77. The number of anilines is 1. The van der Waals surface area contributed by atoms with E-state index >= 15 is 0 Å². The Labute approximate surface area is 181 Å². The molecule has 31 heavy (non-hydrogen) atoms. The summed E-state index contributed by atoms with van der Waals surface area (Å²) >= 11 is 1.31. The minimum atomic E-state index is -4.46. The van der Waals surface area contributed by atoms with Crippen LogP contribution in [0.5, 0.6) is 0 Å². The van der Waals surface area contributed by atoms with Gasteiger partial charge in [-0.2, -0.15) is 8.42 Å². The molecule has 160 valence electrons. The Morgan fingerprint density at radius 3 is 2.42 bits per heavy atom. The van der Waals surface area contributed by atoms with Gasteiger partial charge in [0.05, 0.1) is 15.1 Å². The second-order valence-corrected chi connectivity index (χ2v) is 9.50. The number of nitrogens with one attached hydrogen (secondary N) is 1. The molecule has 1 aliphatic rings. The maximum Gasteiger partial charge on any atom is 0.350 e. The third-order valence-electron chi connectivity index (χ3n) is 4.30. The number of thiazole rings is 1. The molecule has 1 saturated heterocycles. The summed E-state index contributed by atoms with van der Waals surface area (Å²) in [5, 5.41) is 3.29. The molecule has 1 fully saturated rings. The summed E-state index contributed by atoms with van der Waals surface area (Å²) in [6.45, 7) is 2.87. The number of hydrogen-bond donors (Lipinski definition) is 2. The highest BCUT2D eigenvalue weighted by atomic mass is 32.2. The Morgan fingerprint density at radius 2 is 1.77 bits per heavy atom. The number of rotatable bonds is 4. The minimum absolute atomic E-state index is 0.321. The summed E-state index contributed by atoms with van der Waals surface area (Å²) in [4.78, 5) is 28.5. The molecular weight excluding hydrogens is 444 g/mol. The predicted molar refractivity (Wildman–Crippen MR) is 113 cm³/mol. The molecule has 9 nitrogen and oxygen atoms in total. The monoisotopic (exact) mass is 460 g/mol. The fourth-order valence-corrected chi connectivity index (χ4v) is 4.41. The molecule has 4 rings (SSSR count). The molecule has 0 atom stereocenters. The van der Waals surface area contributed by atoms with Crippen molar-refractivity contribution in [2.75, 3.05) is 5.32 Å². The molecule has 2 aromatic carbocycles. The largest absolute Gasteiger partial charge is 0.419 e. The summed E-state index contributed by atoms with van der Waals surface area (Å²) < 4.78 is 43.7. The molecule has 3 aromatic rings. The van der Waals surface area contributed by atoms with Crippen molar-refractivity contribution in [3.05, 3.63) is 54.2 Å². The van der Waals surface area contributed by atoms with Gasteiger partial charge >= 0.3 is 11.9 Å². The Morgan fingerprint density at radius 1 is 1.10 bits per heavy atom. The first-order valence-electron chi connectivity index (χ1n) is 8.94. The number of fused-ring (bicyclic) bond motifs is 1. The third-order valence-corrected chi connectivity index (χ3v) is 6.22. The van der Waals surface area contributed by atoms with Gasteiger partial charge in [-0.25, -0.2) is 14.6 Å². The van der Waals surface area contributed by atoms with Crippen LogP contribution in [0.4, 0.5) is 5.69 Å². The summed E-state index contributed by atoms with van der Waals surface area (Å²) in [5.41, 5.74) is 1.06. The lowest BCUT2D eigenvalue weighted by Gasteiger charge is -2.29. The fourth-order valence-electron chi connectivity index (χ4n) is 2.90. The maximum atomic E-state index is 12.1. The molecule has 0 aliphatic carbocycles. The number of aromatic nitrogens is 1. The first kappa shape index (κ1) is 21.0. The molecule has 11 heteroatoms. The first-order chi connectivity index (χ1) is 14.5. The lowest BCUT2D eigenvalue weighted by molar-refractivity contribution is -0.222. The molecule has 2 heterocycles. The molecule has 0 spiro atoms. The van der Waals surface area contributed by atoms with Crippen LogP contribution in [0.25, 0.3) is 20.8 Å². The number of carbonyl (C=O) groups is 2. The molecule has 0 bridgehead atoms. The van der Waals surface area contributed by atoms with Gasteiger partial charge in [0.25, 0.3) is 15.9 Å². The zero-order valence-corrected chi connectivity index (χ0v) is 17.9. The lowest BCUT2D eigenvalue weighted by Crippen LogP contribution is -2.42. The highest BCUT2D eigenvalue weighted by molar-refractivity contribution is 7.85. The average molecular weight is 460 g/mol. The number of carbonyl (C=O) groups excluding carboxylic acids is 2. The quantitative estimate of drug-likeness (QED) is 0.260. The van der Waals surface area contributed by atoms with E-state index in [9.17, 15) is 22.6 Å². The summed E-state index contributed by atoms with van der Waals surface area (Å²) in [6.07, 6.45) is 1.12. The van der Waals surface area contributed by atoms with Gasteiger partial charge in [0.15, 0.2) is 5.57 Å². The van der Waals surface area contributed by atoms with Crippen LogP contribution in [-0.2, 0) is 29.2 Å². The van der Waals surface area contributed by atoms with E-state index in [1.54, 1.807) is 0 Å². The van der Waals surface area contributed by atoms with Crippen LogP contribution in [0.15, 0.2) is 59.1 Å². The van der Waals surface area contributed by atoms with Crippen LogP contribution < -0.4 is 5.32 Å². The van der Waals surface area contributed by atoms with Gasteiger partial charge in [-0.3, -0.25) is 4.55 Å². The van der Waals surface area contributed by atoms with Crippen LogP contribution in [0.2, 0.25) is 0 Å². The molecular formula is C20H16N2O7S2. The highest BCUT2D eigenvalue weighted by Gasteiger charge is 2.39. The van der Waals surface area contributed by atoms with E-state index < -0.39 is 27.8 Å². The van der Waals surface area contributed by atoms with Crippen molar-refractivity contribution in [1.29, 1.82) is 0 Å². The van der Waals surface area contributed by atoms with Crippen LogP contribution in [0.3, 0.4) is 0 Å². The van der Waals surface area contributed by atoms with Crippen molar-refractivity contribution in [3.8, 4) is 10.6 Å². The van der Waals surface area contributed by atoms with E-state index in [1.807, 2.05) is 24.3 Å². The predicted octanol–water partition coefficient (Wildman–Crippen LogP) is 3.34. The Kier molecular flexibility index (Phi) is 5.04. The van der Waals surface area contributed by atoms with Crippen LogP contribution in [0.1, 0.15) is 13.8 Å². The van der Waals surface area contributed by atoms with E-state index in [1.165, 1.54) is 43.4 Å². The van der Waals surface area contributed by atoms with E-state index in [0.717, 1.165) is 10.9 Å². The molecule has 1 aromatic heterocycles. The van der Waals surface area contributed by atoms with Crippen LogP contribution >= 0.6 is 11.3 Å². The van der Waals surface area contributed by atoms with Crippen LogP contribution in [-0.4, -0.2) is 35.7 Å². The fraction of sp³-hybridized carbons (Fsp3) is 0.150. The normalized spacial score (nSPS) is 16.0. The zero-order valence-electron chi connectivity index (χ0n) is 16.3. The molecule has 1 aliphatic heterocycles. The van der Waals surface area contributed by atoms with Crippen molar-refractivity contribution < 1.29 is 32.0 Å². The van der Waals surface area contributed by atoms with Gasteiger partial charge < -0.3 is 14.8 Å². The number of benzene rings is 2. The maximum absolute atomic E-state index is 12.1. The van der Waals surface area contributed by atoms with Gasteiger partial charge in [0.2, 0.25) is 0 Å². The van der Waals surface area contributed by atoms with E-state index in [4.69, 9.17) is 9.47 Å². The number of ether oxygens (including phenoxy) is 2. The molecule has 2 N–H and O–H groups in total. The third kappa shape index (κ3) is 4.29. The molecule has 0 radical (unpaired) electrons. The summed E-state index contributed by atoms with van der Waals surface area (Å²) in [5.74, 6) is -3.08. The number of para-hydroxylation sites is 1. The zero-order chi connectivity index (χ0) is 22.4. The number of esters is 2. The second kappa shape index (κ2) is 7.45. The smallest absolute Gasteiger partial charge is 0.350 e. The highest BCUT2D eigenvalue weighted by Crippen LogP contribution is 2.36. The minimum Gasteiger partial charge on any atom is -0.419 e. The number of hydrogen-bond acceptors (Lipinski definition) is 9. The van der Waals surface area contributed by atoms with Gasteiger partial charge in [0.1, 0.15) is 5.01 Å². The molecule has 0 amide bonds. The average Bonchev–Trinajstić information content (AvgIpc) is 3.09. The van der Waals surface area contributed by atoms with Crippen molar-refractivity contribution in [2.24, 2.45) is 0 Å². The molecule has 0 saturated carbocycles. The number of nitrogens with zero attached hydrogens (tertiary/aromatic N) is 1.